The summed E-state index contributed by atoms with van der Waals surface area (Å²) in [4.78, 5) is 21.3. The van der Waals surface area contributed by atoms with Gasteiger partial charge in [-0.1, -0.05) is 36.7 Å². The summed E-state index contributed by atoms with van der Waals surface area (Å²) in [5, 5.41) is 3.66. The van der Waals surface area contributed by atoms with Crippen molar-refractivity contribution in [2.24, 2.45) is 0 Å². The SMILES string of the molecule is CCC(C)NC(=O)c1coc(CN(CCN2CCOCC2)Cc2ccccc2Cl)n1. The third-order valence-electron chi connectivity index (χ3n) is 5.32. The molecular formula is C22H31ClN4O3. The molecule has 1 aliphatic heterocycles. The zero-order chi connectivity index (χ0) is 21.3. The van der Waals surface area contributed by atoms with E-state index in [-0.39, 0.29) is 11.9 Å². The van der Waals surface area contributed by atoms with Gasteiger partial charge in [0.2, 0.25) is 5.89 Å². The first-order chi connectivity index (χ1) is 14.5. The van der Waals surface area contributed by atoms with Crippen molar-refractivity contribution >= 4 is 17.5 Å². The van der Waals surface area contributed by atoms with Crippen LogP contribution in [0, 0.1) is 0 Å². The molecule has 1 saturated heterocycles. The topological polar surface area (TPSA) is 70.8 Å². The van der Waals surface area contributed by atoms with E-state index in [1.165, 1.54) is 6.26 Å². The van der Waals surface area contributed by atoms with E-state index in [4.69, 9.17) is 20.8 Å². The number of amides is 1. The third kappa shape index (κ3) is 6.80. The lowest BCUT2D eigenvalue weighted by Crippen LogP contribution is -2.41. The highest BCUT2D eigenvalue weighted by atomic mass is 35.5. The number of carbonyl (C=O) groups is 1. The van der Waals surface area contributed by atoms with Crippen LogP contribution >= 0.6 is 11.6 Å². The predicted molar refractivity (Wildman–Crippen MR) is 117 cm³/mol. The lowest BCUT2D eigenvalue weighted by Gasteiger charge is -2.29. The number of hydrogen-bond acceptors (Lipinski definition) is 6. The second kappa shape index (κ2) is 11.5. The molecular weight excluding hydrogens is 404 g/mol. The Hall–Kier alpha value is -1.93. The monoisotopic (exact) mass is 434 g/mol. The molecule has 1 amide bonds. The minimum Gasteiger partial charge on any atom is -0.447 e. The summed E-state index contributed by atoms with van der Waals surface area (Å²) in [6.07, 6.45) is 2.30. The number of halogens is 1. The summed E-state index contributed by atoms with van der Waals surface area (Å²) in [6, 6.07) is 7.96. The Bertz CT molecular complexity index is 807. The number of rotatable bonds is 10. The zero-order valence-corrected chi connectivity index (χ0v) is 18.5. The van der Waals surface area contributed by atoms with Gasteiger partial charge in [-0.15, -0.1) is 0 Å². The molecule has 0 radical (unpaired) electrons. The Morgan fingerprint density at radius 1 is 1.30 bits per heavy atom. The summed E-state index contributed by atoms with van der Waals surface area (Å²) in [7, 11) is 0. The molecule has 7 nitrogen and oxygen atoms in total. The van der Waals surface area contributed by atoms with Gasteiger partial charge in [0.1, 0.15) is 6.26 Å². The first-order valence-electron chi connectivity index (χ1n) is 10.6. The number of carbonyl (C=O) groups excluding carboxylic acids is 1. The van der Waals surface area contributed by atoms with E-state index in [1.807, 2.05) is 38.1 Å². The van der Waals surface area contributed by atoms with Crippen LogP contribution in [0.15, 0.2) is 34.9 Å². The fourth-order valence-electron chi connectivity index (χ4n) is 3.27. The van der Waals surface area contributed by atoms with E-state index in [2.05, 4.69) is 20.1 Å². The Morgan fingerprint density at radius 2 is 2.07 bits per heavy atom. The van der Waals surface area contributed by atoms with E-state index in [0.717, 1.165) is 56.4 Å². The van der Waals surface area contributed by atoms with Crippen LogP contribution in [0.2, 0.25) is 5.02 Å². The van der Waals surface area contributed by atoms with Crippen molar-refractivity contribution in [3.05, 3.63) is 52.7 Å². The second-order valence-corrected chi connectivity index (χ2v) is 8.07. The van der Waals surface area contributed by atoms with E-state index in [1.54, 1.807) is 0 Å². The molecule has 1 N–H and O–H groups in total. The molecule has 30 heavy (non-hydrogen) atoms. The first-order valence-corrected chi connectivity index (χ1v) is 10.9. The lowest BCUT2D eigenvalue weighted by molar-refractivity contribution is 0.0320. The maximum absolute atomic E-state index is 12.3. The van der Waals surface area contributed by atoms with Gasteiger partial charge >= 0.3 is 0 Å². The van der Waals surface area contributed by atoms with Crippen molar-refractivity contribution < 1.29 is 13.9 Å². The number of hydrogen-bond donors (Lipinski definition) is 1. The molecule has 0 bridgehead atoms. The van der Waals surface area contributed by atoms with Gasteiger partial charge in [-0.3, -0.25) is 14.6 Å². The summed E-state index contributed by atoms with van der Waals surface area (Å²) in [5.41, 5.74) is 1.37. The van der Waals surface area contributed by atoms with Gasteiger partial charge in [-0.25, -0.2) is 4.98 Å². The predicted octanol–water partition coefficient (Wildman–Crippen LogP) is 3.19. The van der Waals surface area contributed by atoms with Crippen LogP contribution in [0.25, 0.3) is 0 Å². The van der Waals surface area contributed by atoms with Crippen molar-refractivity contribution in [1.82, 2.24) is 20.1 Å². The fraction of sp³-hybridized carbons (Fsp3) is 0.545. The standard InChI is InChI=1S/C22H31ClN4O3/c1-3-17(2)24-22(28)20-16-30-21(25-20)15-27(9-8-26-10-12-29-13-11-26)14-18-6-4-5-7-19(18)23/h4-7,16-17H,3,8-15H2,1-2H3,(H,24,28). The van der Waals surface area contributed by atoms with Crippen LogP contribution in [0.1, 0.15) is 42.2 Å². The first kappa shape index (κ1) is 22.7. The zero-order valence-electron chi connectivity index (χ0n) is 17.8. The summed E-state index contributed by atoms with van der Waals surface area (Å²) in [6.45, 7) is 10.4. The molecule has 1 aromatic carbocycles. The Labute approximate surface area is 183 Å². The number of benzene rings is 1. The maximum Gasteiger partial charge on any atom is 0.273 e. The van der Waals surface area contributed by atoms with Crippen LogP contribution < -0.4 is 5.32 Å². The van der Waals surface area contributed by atoms with Crippen molar-refractivity contribution in [1.29, 1.82) is 0 Å². The van der Waals surface area contributed by atoms with Gasteiger partial charge in [-0.2, -0.15) is 0 Å². The molecule has 1 aromatic heterocycles. The normalized spacial score (nSPS) is 16.0. The van der Waals surface area contributed by atoms with Gasteiger partial charge in [-0.05, 0) is 25.0 Å². The fourth-order valence-corrected chi connectivity index (χ4v) is 3.46. The number of nitrogens with zero attached hydrogens (tertiary/aromatic N) is 3. The molecule has 164 valence electrons. The molecule has 0 spiro atoms. The Morgan fingerprint density at radius 3 is 2.80 bits per heavy atom. The Kier molecular flexibility index (Phi) is 8.69. The summed E-state index contributed by atoms with van der Waals surface area (Å²) in [5.74, 6) is 0.323. The second-order valence-electron chi connectivity index (χ2n) is 7.67. The van der Waals surface area contributed by atoms with E-state index in [9.17, 15) is 4.79 Å². The van der Waals surface area contributed by atoms with Gasteiger partial charge in [0.15, 0.2) is 5.69 Å². The number of ether oxygens (including phenoxy) is 1. The van der Waals surface area contributed by atoms with Crippen molar-refractivity contribution in [2.45, 2.75) is 39.4 Å². The van der Waals surface area contributed by atoms with Gasteiger partial charge in [0.05, 0.1) is 19.8 Å². The van der Waals surface area contributed by atoms with Gasteiger partial charge in [0, 0.05) is 43.8 Å². The molecule has 1 aliphatic rings. The van der Waals surface area contributed by atoms with E-state index < -0.39 is 0 Å². The molecule has 0 saturated carbocycles. The number of oxazole rings is 1. The lowest BCUT2D eigenvalue weighted by atomic mass is 10.2. The molecule has 0 aliphatic carbocycles. The molecule has 1 atom stereocenters. The quantitative estimate of drug-likeness (QED) is 0.619. The largest absolute Gasteiger partial charge is 0.447 e. The highest BCUT2D eigenvalue weighted by molar-refractivity contribution is 6.31. The number of aromatic nitrogens is 1. The van der Waals surface area contributed by atoms with Crippen molar-refractivity contribution in [3.63, 3.8) is 0 Å². The maximum atomic E-state index is 12.3. The van der Waals surface area contributed by atoms with Crippen LogP contribution in [0.5, 0.6) is 0 Å². The number of morpholine rings is 1. The molecule has 8 heteroatoms. The molecule has 2 heterocycles. The average molecular weight is 435 g/mol. The van der Waals surface area contributed by atoms with Gasteiger partial charge < -0.3 is 14.5 Å². The molecule has 2 aromatic rings. The molecule has 1 fully saturated rings. The third-order valence-corrected chi connectivity index (χ3v) is 5.69. The van der Waals surface area contributed by atoms with Gasteiger partial charge in [0.25, 0.3) is 5.91 Å². The molecule has 3 rings (SSSR count). The minimum absolute atomic E-state index is 0.0999. The average Bonchev–Trinajstić information content (AvgIpc) is 3.23. The smallest absolute Gasteiger partial charge is 0.273 e. The Balaban J connectivity index is 1.65. The van der Waals surface area contributed by atoms with Crippen molar-refractivity contribution in [3.8, 4) is 0 Å². The van der Waals surface area contributed by atoms with Crippen LogP contribution in [0.4, 0.5) is 0 Å². The van der Waals surface area contributed by atoms with E-state index in [0.29, 0.717) is 24.7 Å². The molecule has 1 unspecified atom stereocenters. The highest BCUT2D eigenvalue weighted by Crippen LogP contribution is 2.18. The highest BCUT2D eigenvalue weighted by Gasteiger charge is 2.18. The van der Waals surface area contributed by atoms with Crippen LogP contribution in [-0.2, 0) is 17.8 Å². The van der Waals surface area contributed by atoms with Crippen molar-refractivity contribution in [2.75, 3.05) is 39.4 Å². The van der Waals surface area contributed by atoms with E-state index >= 15 is 0 Å². The van der Waals surface area contributed by atoms with Crippen LogP contribution in [-0.4, -0.2) is 66.1 Å². The summed E-state index contributed by atoms with van der Waals surface area (Å²) >= 11 is 6.38. The number of nitrogens with one attached hydrogen (secondary N) is 1. The minimum atomic E-state index is -0.203. The summed E-state index contributed by atoms with van der Waals surface area (Å²) < 4.78 is 11.0. The van der Waals surface area contributed by atoms with Crippen LogP contribution in [0.3, 0.4) is 0 Å².